The standard InChI is InChI=1S/C35H42N2O7/c1-34(2,3)44-30(39)19-21-35(33(40)36-22-20-25-11-15-28(41-4)16-12-25)31(26-9-6-5-7-10-26)43-32(37-35)27-13-17-29(18-14-27)42-24-8-23-38/h5-7,9-18,31,38H,8,19-24H2,1-4H3,(H,36,40)/t31-,35-/m1/s1. The van der Waals surface area contributed by atoms with Gasteiger partial charge in [0.05, 0.1) is 13.7 Å². The third kappa shape index (κ3) is 8.60. The van der Waals surface area contributed by atoms with E-state index in [2.05, 4.69) is 5.32 Å². The summed E-state index contributed by atoms with van der Waals surface area (Å²) in [5, 5.41) is 12.1. The molecule has 4 rings (SSSR count). The summed E-state index contributed by atoms with van der Waals surface area (Å²) in [6, 6.07) is 24.4. The van der Waals surface area contributed by atoms with Gasteiger partial charge in [0.2, 0.25) is 5.90 Å². The van der Waals surface area contributed by atoms with Gasteiger partial charge in [-0.1, -0.05) is 42.5 Å². The van der Waals surface area contributed by atoms with Crippen LogP contribution < -0.4 is 14.8 Å². The molecule has 0 bridgehead atoms. The van der Waals surface area contributed by atoms with E-state index in [1.807, 2.05) is 87.5 Å². The van der Waals surface area contributed by atoms with Gasteiger partial charge in [-0.2, -0.15) is 0 Å². The van der Waals surface area contributed by atoms with Crippen LogP contribution in [0.2, 0.25) is 0 Å². The summed E-state index contributed by atoms with van der Waals surface area (Å²) in [7, 11) is 1.62. The van der Waals surface area contributed by atoms with Crippen LogP contribution in [0.25, 0.3) is 0 Å². The highest BCUT2D eigenvalue weighted by Crippen LogP contribution is 2.43. The quantitative estimate of drug-likeness (QED) is 0.193. The van der Waals surface area contributed by atoms with E-state index < -0.39 is 23.2 Å². The number of amides is 1. The number of nitrogens with one attached hydrogen (secondary N) is 1. The van der Waals surface area contributed by atoms with Crippen molar-refractivity contribution in [1.82, 2.24) is 5.32 Å². The molecule has 1 heterocycles. The fourth-order valence-corrected chi connectivity index (χ4v) is 4.95. The minimum atomic E-state index is -1.43. The molecule has 0 spiro atoms. The van der Waals surface area contributed by atoms with E-state index in [1.165, 1.54) is 0 Å². The Kier molecular flexibility index (Phi) is 11.0. The predicted molar refractivity (Wildman–Crippen MR) is 168 cm³/mol. The molecule has 1 aliphatic rings. The Morgan fingerprint density at radius 2 is 1.66 bits per heavy atom. The third-order valence-electron chi connectivity index (χ3n) is 7.12. The summed E-state index contributed by atoms with van der Waals surface area (Å²) < 4.78 is 23.0. The van der Waals surface area contributed by atoms with E-state index in [0.717, 1.165) is 16.9 Å². The molecule has 234 valence electrons. The summed E-state index contributed by atoms with van der Waals surface area (Å²) in [4.78, 5) is 32.0. The molecule has 3 aromatic carbocycles. The van der Waals surface area contributed by atoms with Gasteiger partial charge >= 0.3 is 5.97 Å². The molecule has 0 radical (unpaired) electrons. The molecule has 9 nitrogen and oxygen atoms in total. The summed E-state index contributed by atoms with van der Waals surface area (Å²) in [5.74, 6) is 0.965. The Morgan fingerprint density at radius 1 is 0.977 bits per heavy atom. The van der Waals surface area contributed by atoms with Crippen LogP contribution in [0, 0.1) is 0 Å². The summed E-state index contributed by atoms with van der Waals surface area (Å²) in [6.45, 7) is 6.25. The second kappa shape index (κ2) is 14.9. The number of esters is 1. The number of aliphatic hydroxyl groups is 1. The highest BCUT2D eigenvalue weighted by Gasteiger charge is 2.53. The molecular weight excluding hydrogens is 560 g/mol. The Morgan fingerprint density at radius 3 is 2.30 bits per heavy atom. The molecule has 0 unspecified atom stereocenters. The largest absolute Gasteiger partial charge is 0.497 e. The maximum atomic E-state index is 14.2. The lowest BCUT2D eigenvalue weighted by Gasteiger charge is -2.31. The zero-order valence-corrected chi connectivity index (χ0v) is 25.9. The average molecular weight is 603 g/mol. The van der Waals surface area contributed by atoms with Crippen molar-refractivity contribution in [3.63, 3.8) is 0 Å². The van der Waals surface area contributed by atoms with E-state index in [0.29, 0.717) is 43.2 Å². The molecule has 0 saturated carbocycles. The Bertz CT molecular complexity index is 1400. The van der Waals surface area contributed by atoms with Crippen LogP contribution in [-0.2, 0) is 25.5 Å². The lowest BCUT2D eigenvalue weighted by atomic mass is 9.83. The van der Waals surface area contributed by atoms with Crippen LogP contribution in [-0.4, -0.2) is 60.9 Å². The topological polar surface area (TPSA) is 116 Å². The first kappa shape index (κ1) is 32.5. The van der Waals surface area contributed by atoms with Gasteiger partial charge in [-0.05, 0) is 81.1 Å². The molecule has 1 aliphatic heterocycles. The van der Waals surface area contributed by atoms with Crippen molar-refractivity contribution in [3.8, 4) is 11.5 Å². The number of aliphatic imine (C=N–C) groups is 1. The second-order valence-corrected chi connectivity index (χ2v) is 11.6. The minimum Gasteiger partial charge on any atom is -0.497 e. The summed E-state index contributed by atoms with van der Waals surface area (Å²) in [6.07, 6.45) is 0.418. The smallest absolute Gasteiger partial charge is 0.306 e. The first-order valence-corrected chi connectivity index (χ1v) is 14.9. The molecule has 9 heteroatoms. The zero-order chi connectivity index (χ0) is 31.6. The maximum Gasteiger partial charge on any atom is 0.306 e. The number of carbonyl (C=O) groups excluding carboxylic acids is 2. The van der Waals surface area contributed by atoms with E-state index in [-0.39, 0.29) is 25.4 Å². The van der Waals surface area contributed by atoms with Crippen molar-refractivity contribution >= 4 is 17.8 Å². The Labute approximate surface area is 259 Å². The Hall–Kier alpha value is -4.37. The van der Waals surface area contributed by atoms with Gasteiger partial charge in [-0.15, -0.1) is 0 Å². The molecule has 0 fully saturated rings. The van der Waals surface area contributed by atoms with Crippen molar-refractivity contribution in [2.75, 3.05) is 26.9 Å². The number of methoxy groups -OCH3 is 1. The monoisotopic (exact) mass is 602 g/mol. The van der Waals surface area contributed by atoms with Crippen LogP contribution in [0.3, 0.4) is 0 Å². The Balaban J connectivity index is 1.64. The first-order chi connectivity index (χ1) is 21.1. The van der Waals surface area contributed by atoms with Gasteiger partial charge < -0.3 is 29.4 Å². The summed E-state index contributed by atoms with van der Waals surface area (Å²) >= 11 is 0. The van der Waals surface area contributed by atoms with Gasteiger partial charge in [0.15, 0.2) is 11.6 Å². The van der Waals surface area contributed by atoms with Crippen molar-refractivity contribution in [2.24, 2.45) is 4.99 Å². The normalized spacial score (nSPS) is 17.8. The number of ether oxygens (including phenoxy) is 4. The van der Waals surface area contributed by atoms with E-state index in [1.54, 1.807) is 19.2 Å². The van der Waals surface area contributed by atoms with Crippen molar-refractivity contribution in [3.05, 3.63) is 95.6 Å². The number of rotatable bonds is 14. The van der Waals surface area contributed by atoms with E-state index in [4.69, 9.17) is 29.0 Å². The molecule has 2 N–H and O–H groups in total. The predicted octanol–water partition coefficient (Wildman–Crippen LogP) is 5.19. The van der Waals surface area contributed by atoms with Gasteiger partial charge in [-0.3, -0.25) is 9.59 Å². The number of carbonyl (C=O) groups is 2. The minimum absolute atomic E-state index is 0.0235. The van der Waals surface area contributed by atoms with Crippen LogP contribution in [0.4, 0.5) is 0 Å². The van der Waals surface area contributed by atoms with Gasteiger partial charge in [0.25, 0.3) is 5.91 Å². The maximum absolute atomic E-state index is 14.2. The molecule has 3 aromatic rings. The number of nitrogens with zero attached hydrogens (tertiary/aromatic N) is 1. The van der Waals surface area contributed by atoms with Crippen molar-refractivity contribution in [2.45, 2.75) is 63.7 Å². The van der Waals surface area contributed by atoms with Crippen molar-refractivity contribution < 1.29 is 33.6 Å². The van der Waals surface area contributed by atoms with E-state index in [9.17, 15) is 9.59 Å². The molecule has 0 saturated heterocycles. The SMILES string of the molecule is COc1ccc(CCNC(=O)[C@]2(CCC(=O)OC(C)(C)C)N=C(c3ccc(OCCCO)cc3)O[C@@H]2c2ccccc2)cc1. The van der Waals surface area contributed by atoms with Gasteiger partial charge in [0.1, 0.15) is 17.1 Å². The van der Waals surface area contributed by atoms with Gasteiger partial charge in [0, 0.05) is 31.6 Å². The van der Waals surface area contributed by atoms with Crippen LogP contribution >= 0.6 is 0 Å². The molecule has 1 amide bonds. The number of hydrogen-bond donors (Lipinski definition) is 2. The number of aliphatic hydroxyl groups excluding tert-OH is 1. The van der Waals surface area contributed by atoms with Crippen LogP contribution in [0.5, 0.6) is 11.5 Å². The first-order valence-electron chi connectivity index (χ1n) is 14.9. The average Bonchev–Trinajstić information content (AvgIpc) is 3.41. The lowest BCUT2D eigenvalue weighted by Crippen LogP contribution is -2.49. The highest BCUT2D eigenvalue weighted by atomic mass is 16.6. The van der Waals surface area contributed by atoms with Crippen molar-refractivity contribution in [1.29, 1.82) is 0 Å². The lowest BCUT2D eigenvalue weighted by molar-refractivity contribution is -0.155. The summed E-state index contributed by atoms with van der Waals surface area (Å²) in [5.41, 5.74) is 0.395. The zero-order valence-electron chi connectivity index (χ0n) is 25.9. The molecule has 44 heavy (non-hydrogen) atoms. The fourth-order valence-electron chi connectivity index (χ4n) is 4.95. The molecule has 0 aromatic heterocycles. The third-order valence-corrected chi connectivity index (χ3v) is 7.12. The van der Waals surface area contributed by atoms with Gasteiger partial charge in [-0.25, -0.2) is 4.99 Å². The fraction of sp³-hybridized carbons (Fsp3) is 0.400. The number of benzene rings is 3. The number of hydrogen-bond acceptors (Lipinski definition) is 8. The highest BCUT2D eigenvalue weighted by molar-refractivity contribution is 6.01. The second-order valence-electron chi connectivity index (χ2n) is 11.6. The molecule has 0 aliphatic carbocycles. The van der Waals surface area contributed by atoms with Crippen LogP contribution in [0.1, 0.15) is 62.8 Å². The van der Waals surface area contributed by atoms with E-state index >= 15 is 0 Å². The van der Waals surface area contributed by atoms with Crippen LogP contribution in [0.15, 0.2) is 83.9 Å². The molecule has 2 atom stereocenters. The molecular formula is C35H42N2O7.